The first-order valence-corrected chi connectivity index (χ1v) is 6.73. The average Bonchev–Trinajstić information content (AvgIpc) is 2.90. The summed E-state index contributed by atoms with van der Waals surface area (Å²) in [6.45, 7) is -0.386. The molecule has 1 fully saturated rings. The van der Waals surface area contributed by atoms with E-state index >= 15 is 0 Å². The highest BCUT2D eigenvalue weighted by Crippen LogP contribution is 2.36. The number of rotatable bonds is 2. The van der Waals surface area contributed by atoms with Gasteiger partial charge < -0.3 is 25.8 Å². The minimum atomic E-state index is -1.18. The number of nitrogens with two attached hydrogens (primary N) is 1. The van der Waals surface area contributed by atoms with E-state index in [1.165, 1.54) is 6.33 Å². The summed E-state index contributed by atoms with van der Waals surface area (Å²) in [4.78, 5) is 8.02. The Balaban J connectivity index is 2.11. The van der Waals surface area contributed by atoms with Crippen molar-refractivity contribution in [3.8, 4) is 0 Å². The normalized spacial score (nSPS) is 30.2. The first-order chi connectivity index (χ1) is 9.54. The van der Waals surface area contributed by atoms with Gasteiger partial charge in [-0.15, -0.1) is 0 Å². The number of nitrogen functional groups attached to an aromatic ring is 1. The van der Waals surface area contributed by atoms with Gasteiger partial charge in [0.25, 0.3) is 0 Å². The molecule has 0 saturated carbocycles. The van der Waals surface area contributed by atoms with Gasteiger partial charge in [-0.3, -0.25) is 4.57 Å². The average molecular weight is 345 g/mol. The van der Waals surface area contributed by atoms with Crippen LogP contribution in [0.15, 0.2) is 17.0 Å². The molecule has 1 aliphatic heterocycles. The highest BCUT2D eigenvalue weighted by molar-refractivity contribution is 9.10. The fraction of sp³-hybridized carbons (Fsp3) is 0.455. The first-order valence-electron chi connectivity index (χ1n) is 5.94. The minimum absolute atomic E-state index is 0.307. The highest BCUT2D eigenvalue weighted by atomic mass is 79.9. The lowest BCUT2D eigenvalue weighted by molar-refractivity contribution is -0.0518. The highest BCUT2D eigenvalue weighted by Gasteiger charge is 2.44. The monoisotopic (exact) mass is 344 g/mol. The van der Waals surface area contributed by atoms with Gasteiger partial charge in [-0.05, 0) is 22.0 Å². The number of anilines is 1. The Kier molecular flexibility index (Phi) is 3.38. The number of fused-ring (bicyclic) bond motifs is 1. The molecule has 0 spiro atoms. The molecular formula is C11H13BrN4O4. The van der Waals surface area contributed by atoms with Crippen LogP contribution in [-0.2, 0) is 4.74 Å². The van der Waals surface area contributed by atoms with Gasteiger partial charge in [-0.2, -0.15) is 0 Å². The van der Waals surface area contributed by atoms with Crippen LogP contribution >= 0.6 is 15.9 Å². The van der Waals surface area contributed by atoms with Crippen molar-refractivity contribution >= 4 is 32.8 Å². The molecule has 9 heteroatoms. The lowest BCUT2D eigenvalue weighted by Crippen LogP contribution is -2.33. The molecule has 0 radical (unpaired) electrons. The van der Waals surface area contributed by atoms with Crippen LogP contribution in [0.25, 0.3) is 11.0 Å². The second-order valence-corrected chi connectivity index (χ2v) is 5.37. The molecule has 20 heavy (non-hydrogen) atoms. The Labute approximate surface area is 121 Å². The largest absolute Gasteiger partial charge is 0.394 e. The van der Waals surface area contributed by atoms with E-state index < -0.39 is 24.5 Å². The van der Waals surface area contributed by atoms with Gasteiger partial charge in [-0.1, -0.05) is 0 Å². The van der Waals surface area contributed by atoms with Crippen LogP contribution in [0.3, 0.4) is 0 Å². The number of hydrogen-bond acceptors (Lipinski definition) is 7. The van der Waals surface area contributed by atoms with Crippen molar-refractivity contribution in [3.63, 3.8) is 0 Å². The molecule has 8 nitrogen and oxygen atoms in total. The maximum absolute atomic E-state index is 10.1. The maximum Gasteiger partial charge on any atom is 0.165 e. The minimum Gasteiger partial charge on any atom is -0.394 e. The molecule has 108 valence electrons. The van der Waals surface area contributed by atoms with E-state index in [2.05, 4.69) is 25.9 Å². The van der Waals surface area contributed by atoms with Crippen molar-refractivity contribution in [1.29, 1.82) is 0 Å². The Bertz CT molecular complexity index is 649. The van der Waals surface area contributed by atoms with Crippen LogP contribution in [0, 0.1) is 0 Å². The van der Waals surface area contributed by atoms with Gasteiger partial charge >= 0.3 is 0 Å². The zero-order chi connectivity index (χ0) is 14.4. The van der Waals surface area contributed by atoms with Crippen LogP contribution < -0.4 is 5.73 Å². The number of hydrogen-bond donors (Lipinski definition) is 4. The number of aromatic nitrogens is 3. The Morgan fingerprint density at radius 3 is 2.75 bits per heavy atom. The number of halogens is 1. The van der Waals surface area contributed by atoms with Crippen molar-refractivity contribution in [2.75, 3.05) is 12.3 Å². The molecule has 2 aromatic rings. The zero-order valence-electron chi connectivity index (χ0n) is 10.2. The summed E-state index contributed by atoms with van der Waals surface area (Å²) in [6.07, 6.45) is -2.77. The van der Waals surface area contributed by atoms with Gasteiger partial charge in [-0.25, -0.2) is 9.97 Å². The molecule has 1 saturated heterocycles. The Morgan fingerprint density at radius 2 is 2.10 bits per heavy atom. The summed E-state index contributed by atoms with van der Waals surface area (Å²) < 4.78 is 7.63. The SMILES string of the molecule is Nc1ncnc2c1cc(Br)n2[C@@H]1O[C@H](CO)[C@@H](O)[C@H]1O. The molecule has 2 aromatic heterocycles. The van der Waals surface area contributed by atoms with Gasteiger partial charge in [0, 0.05) is 0 Å². The quantitative estimate of drug-likeness (QED) is 0.572. The number of aliphatic hydroxyl groups excluding tert-OH is 3. The van der Waals surface area contributed by atoms with Crippen molar-refractivity contribution < 1.29 is 20.1 Å². The summed E-state index contributed by atoms with van der Waals surface area (Å²) in [5, 5.41) is 29.6. The molecule has 0 aliphatic carbocycles. The third-order valence-electron chi connectivity index (χ3n) is 3.39. The third kappa shape index (κ3) is 1.90. The van der Waals surface area contributed by atoms with E-state index in [4.69, 9.17) is 15.6 Å². The topological polar surface area (TPSA) is 127 Å². The molecular weight excluding hydrogens is 332 g/mol. The van der Waals surface area contributed by atoms with E-state index in [9.17, 15) is 10.2 Å². The molecule has 4 atom stereocenters. The summed E-state index contributed by atoms with van der Waals surface area (Å²) in [5.41, 5.74) is 6.25. The zero-order valence-corrected chi connectivity index (χ0v) is 11.8. The van der Waals surface area contributed by atoms with Gasteiger partial charge in [0.05, 0.1) is 16.6 Å². The summed E-state index contributed by atoms with van der Waals surface area (Å²) in [5.74, 6) is 0.307. The van der Waals surface area contributed by atoms with E-state index in [1.807, 2.05) is 0 Å². The van der Waals surface area contributed by atoms with Crippen molar-refractivity contribution in [3.05, 3.63) is 17.0 Å². The summed E-state index contributed by atoms with van der Waals surface area (Å²) >= 11 is 3.35. The van der Waals surface area contributed by atoms with Crippen LogP contribution in [0.1, 0.15) is 6.23 Å². The lowest BCUT2D eigenvalue weighted by Gasteiger charge is -2.18. The van der Waals surface area contributed by atoms with Gasteiger partial charge in [0.2, 0.25) is 0 Å². The fourth-order valence-electron chi connectivity index (χ4n) is 2.36. The molecule has 0 bridgehead atoms. The second-order valence-electron chi connectivity index (χ2n) is 4.56. The standard InChI is InChI=1S/C11H13BrN4O4/c12-6-1-4-9(13)14-3-15-10(4)16(6)11-8(19)7(18)5(2-17)20-11/h1,3,5,7-8,11,17-19H,2H2,(H2,13,14,15)/t5-,7-,8-,11-/m1/s1. The first kappa shape index (κ1) is 13.7. The number of aliphatic hydroxyl groups is 3. The van der Waals surface area contributed by atoms with Gasteiger partial charge in [0.1, 0.15) is 36.1 Å². The number of nitrogens with zero attached hydrogens (tertiary/aromatic N) is 3. The molecule has 0 amide bonds. The van der Waals surface area contributed by atoms with Crippen LogP contribution in [-0.4, -0.2) is 54.8 Å². The second kappa shape index (κ2) is 4.93. The Hall–Kier alpha value is -1.26. The molecule has 3 rings (SSSR count). The van der Waals surface area contributed by atoms with Gasteiger partial charge in [0.15, 0.2) is 6.23 Å². The van der Waals surface area contributed by atoms with E-state index in [0.29, 0.717) is 21.5 Å². The molecule has 3 heterocycles. The van der Waals surface area contributed by atoms with E-state index in [0.717, 1.165) is 0 Å². The van der Waals surface area contributed by atoms with E-state index in [-0.39, 0.29) is 6.61 Å². The van der Waals surface area contributed by atoms with Crippen LogP contribution in [0.2, 0.25) is 0 Å². The van der Waals surface area contributed by atoms with Crippen molar-refractivity contribution in [1.82, 2.24) is 14.5 Å². The van der Waals surface area contributed by atoms with Crippen molar-refractivity contribution in [2.45, 2.75) is 24.5 Å². The maximum atomic E-state index is 10.1. The number of ether oxygens (including phenoxy) is 1. The summed E-state index contributed by atoms with van der Waals surface area (Å²) in [6, 6.07) is 1.71. The smallest absolute Gasteiger partial charge is 0.165 e. The van der Waals surface area contributed by atoms with Crippen molar-refractivity contribution in [2.24, 2.45) is 0 Å². The summed E-state index contributed by atoms with van der Waals surface area (Å²) in [7, 11) is 0. The molecule has 1 aliphatic rings. The van der Waals surface area contributed by atoms with E-state index in [1.54, 1.807) is 10.6 Å². The predicted molar refractivity (Wildman–Crippen MR) is 72.6 cm³/mol. The molecule has 0 aromatic carbocycles. The molecule has 0 unspecified atom stereocenters. The lowest BCUT2D eigenvalue weighted by atomic mass is 10.1. The molecule has 5 N–H and O–H groups in total. The van der Waals surface area contributed by atoms with Crippen LogP contribution in [0.4, 0.5) is 5.82 Å². The fourth-order valence-corrected chi connectivity index (χ4v) is 2.95. The van der Waals surface area contributed by atoms with Crippen LogP contribution in [0.5, 0.6) is 0 Å². The third-order valence-corrected chi connectivity index (χ3v) is 4.00. The predicted octanol–water partition coefficient (Wildman–Crippen LogP) is -0.613. The Morgan fingerprint density at radius 1 is 1.35 bits per heavy atom.